The third-order valence-corrected chi connectivity index (χ3v) is 5.31. The van der Waals surface area contributed by atoms with E-state index < -0.39 is 26.3 Å². The van der Waals surface area contributed by atoms with E-state index in [1.165, 1.54) is 26.0 Å². The highest BCUT2D eigenvalue weighted by atomic mass is 32.2. The van der Waals surface area contributed by atoms with Crippen molar-refractivity contribution in [2.45, 2.75) is 31.7 Å². The number of hydrogen-bond acceptors (Lipinski definition) is 4. The summed E-state index contributed by atoms with van der Waals surface area (Å²) < 4.78 is 35.2. The molecule has 0 spiro atoms. The normalized spacial score (nSPS) is 12.2. The Hall–Kier alpha value is -1.47. The van der Waals surface area contributed by atoms with Gasteiger partial charge in [-0.05, 0) is 25.5 Å². The Bertz CT molecular complexity index is 612. The highest BCUT2D eigenvalue weighted by Crippen LogP contribution is 2.16. The fourth-order valence-electron chi connectivity index (χ4n) is 1.42. The molecule has 0 aliphatic carbocycles. The van der Waals surface area contributed by atoms with E-state index >= 15 is 0 Å². The highest BCUT2D eigenvalue weighted by Gasteiger charge is 2.38. The van der Waals surface area contributed by atoms with Crippen molar-refractivity contribution in [1.29, 1.82) is 0 Å². The number of carbonyl (C=O) groups excluding carboxylic acids is 1. The maximum absolute atomic E-state index is 13.7. The molecule has 0 aliphatic heterocycles. The molecular formula is C13H19FN2O3S. The van der Waals surface area contributed by atoms with Gasteiger partial charge in [-0.3, -0.25) is 4.79 Å². The van der Waals surface area contributed by atoms with Gasteiger partial charge in [0.05, 0.1) is 0 Å². The molecule has 0 saturated heterocycles. The number of benzene rings is 1. The molecule has 5 nitrogen and oxygen atoms in total. The van der Waals surface area contributed by atoms with Gasteiger partial charge in [0, 0.05) is 24.9 Å². The van der Waals surface area contributed by atoms with E-state index in [2.05, 4.69) is 5.32 Å². The standard InChI is InChI=1S/C13H19FN2O3S/c1-13(2,20(3,18)19)12(17)16-8-10-5-4-9(7-15)6-11(10)14/h4-6H,7-8,15H2,1-3H3,(H,16,17). The molecule has 0 bridgehead atoms. The predicted octanol–water partition coefficient (Wildman–Crippen LogP) is 0.724. The summed E-state index contributed by atoms with van der Waals surface area (Å²) in [6, 6.07) is 4.47. The van der Waals surface area contributed by atoms with E-state index in [9.17, 15) is 17.6 Å². The molecule has 1 aromatic carbocycles. The van der Waals surface area contributed by atoms with Gasteiger partial charge in [0.1, 0.15) is 10.6 Å². The van der Waals surface area contributed by atoms with Gasteiger partial charge in [0.15, 0.2) is 9.84 Å². The molecule has 0 heterocycles. The molecular weight excluding hydrogens is 283 g/mol. The fraction of sp³-hybridized carbons (Fsp3) is 0.462. The molecule has 0 fully saturated rings. The summed E-state index contributed by atoms with van der Waals surface area (Å²) in [5, 5.41) is 2.43. The summed E-state index contributed by atoms with van der Waals surface area (Å²) in [4.78, 5) is 11.9. The summed E-state index contributed by atoms with van der Waals surface area (Å²) >= 11 is 0. The van der Waals surface area contributed by atoms with Gasteiger partial charge < -0.3 is 11.1 Å². The second-order valence-electron chi connectivity index (χ2n) is 5.10. The molecule has 3 N–H and O–H groups in total. The number of sulfone groups is 1. The van der Waals surface area contributed by atoms with Gasteiger partial charge in [0.25, 0.3) is 0 Å². The maximum atomic E-state index is 13.7. The van der Waals surface area contributed by atoms with E-state index in [0.717, 1.165) is 6.26 Å². The number of carbonyl (C=O) groups is 1. The Labute approximate surface area is 118 Å². The minimum absolute atomic E-state index is 0.0749. The Kier molecular flexibility index (Phi) is 4.88. The van der Waals surface area contributed by atoms with Crippen LogP contribution in [0, 0.1) is 5.82 Å². The lowest BCUT2D eigenvalue weighted by Crippen LogP contribution is -2.47. The van der Waals surface area contributed by atoms with Crippen LogP contribution in [0.1, 0.15) is 25.0 Å². The Morgan fingerprint density at radius 3 is 2.45 bits per heavy atom. The zero-order chi connectivity index (χ0) is 15.6. The van der Waals surface area contributed by atoms with E-state index in [0.29, 0.717) is 5.56 Å². The Balaban J connectivity index is 2.80. The predicted molar refractivity (Wildman–Crippen MR) is 75.1 cm³/mol. The van der Waals surface area contributed by atoms with Crippen LogP contribution in [-0.2, 0) is 27.7 Å². The number of rotatable bonds is 5. The van der Waals surface area contributed by atoms with Crippen molar-refractivity contribution in [3.63, 3.8) is 0 Å². The van der Waals surface area contributed by atoms with Crippen LogP contribution in [0.25, 0.3) is 0 Å². The number of nitrogens with two attached hydrogens (primary N) is 1. The molecule has 1 amide bonds. The quantitative estimate of drug-likeness (QED) is 0.839. The van der Waals surface area contributed by atoms with Gasteiger partial charge in [-0.1, -0.05) is 12.1 Å². The van der Waals surface area contributed by atoms with E-state index in [-0.39, 0.29) is 18.7 Å². The lowest BCUT2D eigenvalue weighted by molar-refractivity contribution is -0.123. The SMILES string of the molecule is CC(C)(C(=O)NCc1ccc(CN)cc1F)S(C)(=O)=O. The smallest absolute Gasteiger partial charge is 0.241 e. The monoisotopic (exact) mass is 302 g/mol. The second kappa shape index (κ2) is 5.88. The first-order valence-corrected chi connectivity index (χ1v) is 7.94. The van der Waals surface area contributed by atoms with Crippen LogP contribution in [0.3, 0.4) is 0 Å². The summed E-state index contributed by atoms with van der Waals surface area (Å²) in [6.07, 6.45) is 0.989. The summed E-state index contributed by atoms with van der Waals surface area (Å²) in [6.45, 7) is 2.77. The van der Waals surface area contributed by atoms with Crippen LogP contribution < -0.4 is 11.1 Å². The zero-order valence-electron chi connectivity index (χ0n) is 11.7. The van der Waals surface area contributed by atoms with E-state index in [1.54, 1.807) is 6.07 Å². The largest absolute Gasteiger partial charge is 0.351 e. The minimum Gasteiger partial charge on any atom is -0.351 e. The number of nitrogens with one attached hydrogen (secondary N) is 1. The second-order valence-corrected chi connectivity index (χ2v) is 7.66. The lowest BCUT2D eigenvalue weighted by atomic mass is 10.1. The third-order valence-electron chi connectivity index (χ3n) is 3.27. The summed E-state index contributed by atoms with van der Waals surface area (Å²) in [7, 11) is -3.55. The van der Waals surface area contributed by atoms with Crippen molar-refractivity contribution in [2.75, 3.05) is 6.26 Å². The van der Waals surface area contributed by atoms with Crippen molar-refractivity contribution < 1.29 is 17.6 Å². The third kappa shape index (κ3) is 3.55. The van der Waals surface area contributed by atoms with Crippen LogP contribution in [0.4, 0.5) is 4.39 Å². The molecule has 7 heteroatoms. The van der Waals surface area contributed by atoms with E-state index in [4.69, 9.17) is 5.73 Å². The van der Waals surface area contributed by atoms with Gasteiger partial charge in [-0.15, -0.1) is 0 Å². The Morgan fingerprint density at radius 1 is 1.40 bits per heavy atom. The first-order chi connectivity index (χ1) is 9.09. The van der Waals surface area contributed by atoms with Crippen LogP contribution >= 0.6 is 0 Å². The molecule has 0 saturated carbocycles. The van der Waals surface area contributed by atoms with Gasteiger partial charge in [-0.2, -0.15) is 0 Å². The number of hydrogen-bond donors (Lipinski definition) is 2. The van der Waals surface area contributed by atoms with Crippen molar-refractivity contribution >= 4 is 15.7 Å². The molecule has 0 radical (unpaired) electrons. The molecule has 1 rings (SSSR count). The maximum Gasteiger partial charge on any atom is 0.241 e. The molecule has 20 heavy (non-hydrogen) atoms. The van der Waals surface area contributed by atoms with Crippen molar-refractivity contribution in [2.24, 2.45) is 5.73 Å². The number of halogens is 1. The average Bonchev–Trinajstić information content (AvgIpc) is 2.35. The highest BCUT2D eigenvalue weighted by molar-refractivity contribution is 7.92. The summed E-state index contributed by atoms with van der Waals surface area (Å²) in [5.41, 5.74) is 6.32. The molecule has 0 aromatic heterocycles. The van der Waals surface area contributed by atoms with E-state index in [1.807, 2.05) is 0 Å². The van der Waals surface area contributed by atoms with Gasteiger partial charge in [0.2, 0.25) is 5.91 Å². The molecule has 0 aliphatic rings. The van der Waals surface area contributed by atoms with Crippen LogP contribution in [0.5, 0.6) is 0 Å². The minimum atomic E-state index is -3.55. The summed E-state index contributed by atoms with van der Waals surface area (Å²) in [5.74, 6) is -1.15. The lowest BCUT2D eigenvalue weighted by Gasteiger charge is -2.21. The van der Waals surface area contributed by atoms with Crippen molar-refractivity contribution in [3.8, 4) is 0 Å². The number of amides is 1. The topological polar surface area (TPSA) is 89.3 Å². The van der Waals surface area contributed by atoms with Gasteiger partial charge >= 0.3 is 0 Å². The zero-order valence-corrected chi connectivity index (χ0v) is 12.6. The van der Waals surface area contributed by atoms with Crippen LogP contribution in [-0.4, -0.2) is 25.3 Å². The van der Waals surface area contributed by atoms with Crippen LogP contribution in [0.2, 0.25) is 0 Å². The fourth-order valence-corrected chi connectivity index (χ4v) is 1.83. The first-order valence-electron chi connectivity index (χ1n) is 6.05. The Morgan fingerprint density at radius 2 is 2.00 bits per heavy atom. The van der Waals surface area contributed by atoms with Crippen LogP contribution in [0.15, 0.2) is 18.2 Å². The molecule has 0 atom stereocenters. The van der Waals surface area contributed by atoms with Crippen molar-refractivity contribution in [1.82, 2.24) is 5.32 Å². The first kappa shape index (κ1) is 16.6. The molecule has 1 aromatic rings. The van der Waals surface area contributed by atoms with Gasteiger partial charge in [-0.25, -0.2) is 12.8 Å². The average molecular weight is 302 g/mol. The molecule has 0 unspecified atom stereocenters. The molecule has 112 valence electrons. The van der Waals surface area contributed by atoms with Crippen molar-refractivity contribution in [3.05, 3.63) is 35.1 Å².